The Morgan fingerprint density at radius 3 is 2.35 bits per heavy atom. The van der Waals surface area contributed by atoms with Crippen LogP contribution in [0.1, 0.15) is 37.0 Å². The van der Waals surface area contributed by atoms with Crippen LogP contribution in [0.3, 0.4) is 0 Å². The Bertz CT molecular complexity index is 848. The zero-order chi connectivity index (χ0) is 19.1. The first-order valence-electron chi connectivity index (χ1n) is 8.57. The second-order valence-corrected chi connectivity index (χ2v) is 7.38. The maximum atomic E-state index is 13.6. The Kier molecular flexibility index (Phi) is 4.60. The van der Waals surface area contributed by atoms with Crippen LogP contribution in [0.2, 0.25) is 0 Å². The predicted molar refractivity (Wildman–Crippen MR) is 93.6 cm³/mol. The number of pyridine rings is 1. The van der Waals surface area contributed by atoms with Gasteiger partial charge in [-0.1, -0.05) is 0 Å². The Labute approximate surface area is 151 Å². The second-order valence-electron chi connectivity index (χ2n) is 7.38. The van der Waals surface area contributed by atoms with E-state index in [1.165, 1.54) is 16.7 Å². The lowest BCUT2D eigenvalue weighted by Gasteiger charge is -2.35. The van der Waals surface area contributed by atoms with Crippen molar-refractivity contribution in [2.24, 2.45) is 0 Å². The fourth-order valence-corrected chi connectivity index (χ4v) is 2.96. The van der Waals surface area contributed by atoms with Gasteiger partial charge in [0, 0.05) is 32.4 Å². The van der Waals surface area contributed by atoms with Crippen molar-refractivity contribution in [2.45, 2.75) is 33.3 Å². The summed E-state index contributed by atoms with van der Waals surface area (Å²) in [5, 5.41) is 0. The Morgan fingerprint density at radius 1 is 1.12 bits per heavy atom. The van der Waals surface area contributed by atoms with Crippen molar-refractivity contribution >= 4 is 17.6 Å². The molecule has 3 rings (SSSR count). The minimum atomic E-state index is -0.554. The van der Waals surface area contributed by atoms with Gasteiger partial charge in [-0.15, -0.1) is 0 Å². The molecular weight excluding hydrogens is 339 g/mol. The fraction of sp³-hybridized carbons (Fsp3) is 0.500. The molecule has 0 aromatic carbocycles. The summed E-state index contributed by atoms with van der Waals surface area (Å²) in [5.74, 6) is -0.650. The lowest BCUT2D eigenvalue weighted by atomic mass is 10.2. The van der Waals surface area contributed by atoms with Crippen molar-refractivity contribution in [3.8, 4) is 0 Å². The number of rotatable bonds is 1. The molecule has 0 bridgehead atoms. The van der Waals surface area contributed by atoms with E-state index in [0.717, 1.165) is 0 Å². The molecule has 0 unspecified atom stereocenters. The molecule has 1 aliphatic heterocycles. The predicted octanol–water partition coefficient (Wildman–Crippen LogP) is 2.47. The quantitative estimate of drug-likeness (QED) is 0.782. The average molecular weight is 362 g/mol. The molecule has 140 valence electrons. The Morgan fingerprint density at radius 2 is 1.73 bits per heavy atom. The maximum Gasteiger partial charge on any atom is 0.410 e. The van der Waals surface area contributed by atoms with E-state index in [-0.39, 0.29) is 12.0 Å². The van der Waals surface area contributed by atoms with Gasteiger partial charge in [0.1, 0.15) is 22.8 Å². The molecule has 1 fully saturated rings. The number of aromatic nitrogens is 2. The van der Waals surface area contributed by atoms with Crippen molar-refractivity contribution in [2.75, 3.05) is 26.2 Å². The van der Waals surface area contributed by atoms with Gasteiger partial charge in [-0.05, 0) is 39.8 Å². The molecule has 26 heavy (non-hydrogen) atoms. The highest BCUT2D eigenvalue weighted by atomic mass is 19.1. The molecule has 2 amide bonds. The number of carbonyl (C=O) groups excluding carboxylic acids is 2. The Hall–Kier alpha value is -2.64. The molecule has 0 N–H and O–H groups in total. The average Bonchev–Trinajstić information content (AvgIpc) is 2.88. The number of amides is 2. The van der Waals surface area contributed by atoms with Crippen molar-refractivity contribution in [1.29, 1.82) is 0 Å². The normalized spacial score (nSPS) is 15.4. The Balaban J connectivity index is 1.72. The SMILES string of the molecule is Cc1nc2ccc(F)cn2c1C(=O)N1CCN(C(=O)OC(C)(C)C)CC1. The molecule has 0 spiro atoms. The van der Waals surface area contributed by atoms with E-state index in [1.54, 1.807) is 22.8 Å². The van der Waals surface area contributed by atoms with E-state index < -0.39 is 11.4 Å². The van der Waals surface area contributed by atoms with Gasteiger partial charge < -0.3 is 14.5 Å². The van der Waals surface area contributed by atoms with Crippen LogP contribution in [-0.4, -0.2) is 63.0 Å². The highest BCUT2D eigenvalue weighted by Gasteiger charge is 2.30. The summed E-state index contributed by atoms with van der Waals surface area (Å²) >= 11 is 0. The molecule has 0 aliphatic carbocycles. The molecule has 1 saturated heterocycles. The number of carbonyl (C=O) groups is 2. The molecule has 7 nitrogen and oxygen atoms in total. The van der Waals surface area contributed by atoms with E-state index in [0.29, 0.717) is 43.2 Å². The van der Waals surface area contributed by atoms with Crippen molar-refractivity contribution in [1.82, 2.24) is 19.2 Å². The van der Waals surface area contributed by atoms with E-state index in [1.807, 2.05) is 20.8 Å². The first kappa shape index (κ1) is 18.2. The van der Waals surface area contributed by atoms with Gasteiger partial charge in [-0.2, -0.15) is 0 Å². The molecule has 0 atom stereocenters. The lowest BCUT2D eigenvalue weighted by Crippen LogP contribution is -2.51. The standard InChI is InChI=1S/C18H23FN4O3/c1-12-15(23-11-13(19)5-6-14(23)20-12)16(24)21-7-9-22(10-8-21)17(25)26-18(2,3)4/h5-6,11H,7-10H2,1-4H3. The summed E-state index contributed by atoms with van der Waals surface area (Å²) in [6, 6.07) is 2.86. The van der Waals surface area contributed by atoms with Crippen molar-refractivity contribution < 1.29 is 18.7 Å². The van der Waals surface area contributed by atoms with Gasteiger partial charge in [-0.3, -0.25) is 9.20 Å². The number of aryl methyl sites for hydroxylation is 1. The smallest absolute Gasteiger partial charge is 0.410 e. The number of imidazole rings is 1. The van der Waals surface area contributed by atoms with E-state index in [2.05, 4.69) is 4.98 Å². The molecule has 1 aliphatic rings. The first-order valence-corrected chi connectivity index (χ1v) is 8.57. The lowest BCUT2D eigenvalue weighted by molar-refractivity contribution is 0.0140. The number of nitrogens with zero attached hydrogens (tertiary/aromatic N) is 4. The van der Waals surface area contributed by atoms with Crippen molar-refractivity contribution in [3.63, 3.8) is 0 Å². The molecule has 8 heteroatoms. The third kappa shape index (κ3) is 3.63. The van der Waals surface area contributed by atoms with Gasteiger partial charge in [0.25, 0.3) is 5.91 Å². The molecule has 0 saturated carbocycles. The molecule has 0 radical (unpaired) electrons. The summed E-state index contributed by atoms with van der Waals surface area (Å²) in [6.07, 6.45) is 0.886. The summed E-state index contributed by atoms with van der Waals surface area (Å²) in [4.78, 5) is 32.6. The number of hydrogen-bond acceptors (Lipinski definition) is 4. The van der Waals surface area contributed by atoms with Gasteiger partial charge in [0.15, 0.2) is 0 Å². The van der Waals surface area contributed by atoms with Crippen LogP contribution in [0, 0.1) is 12.7 Å². The number of fused-ring (bicyclic) bond motifs is 1. The topological polar surface area (TPSA) is 67.2 Å². The fourth-order valence-electron chi connectivity index (χ4n) is 2.96. The molecule has 2 aromatic heterocycles. The van der Waals surface area contributed by atoms with Crippen molar-refractivity contribution in [3.05, 3.63) is 35.5 Å². The monoisotopic (exact) mass is 362 g/mol. The van der Waals surface area contributed by atoms with Crippen LogP contribution in [0.4, 0.5) is 9.18 Å². The van der Waals surface area contributed by atoms with Gasteiger partial charge >= 0.3 is 6.09 Å². The number of ether oxygens (including phenoxy) is 1. The van der Waals surface area contributed by atoms with Crippen LogP contribution >= 0.6 is 0 Å². The molecule has 2 aromatic rings. The van der Waals surface area contributed by atoms with Crippen LogP contribution in [0.5, 0.6) is 0 Å². The van der Waals surface area contributed by atoms with Gasteiger partial charge in [-0.25, -0.2) is 14.2 Å². The largest absolute Gasteiger partial charge is 0.444 e. The minimum absolute atomic E-state index is 0.218. The van der Waals surface area contributed by atoms with Crippen LogP contribution in [0.15, 0.2) is 18.3 Å². The maximum absolute atomic E-state index is 13.6. The summed E-state index contributed by atoms with van der Waals surface area (Å²) in [7, 11) is 0. The van der Waals surface area contributed by atoms with Crippen LogP contribution in [0.25, 0.3) is 5.65 Å². The van der Waals surface area contributed by atoms with Gasteiger partial charge in [0.2, 0.25) is 0 Å². The zero-order valence-corrected chi connectivity index (χ0v) is 15.5. The first-order chi connectivity index (χ1) is 12.2. The minimum Gasteiger partial charge on any atom is -0.444 e. The number of hydrogen-bond donors (Lipinski definition) is 0. The van der Waals surface area contributed by atoms with Crippen LogP contribution < -0.4 is 0 Å². The van der Waals surface area contributed by atoms with E-state index in [9.17, 15) is 14.0 Å². The second kappa shape index (κ2) is 6.59. The van der Waals surface area contributed by atoms with Gasteiger partial charge in [0.05, 0.1) is 5.69 Å². The third-order valence-corrected chi connectivity index (χ3v) is 4.18. The highest BCUT2D eigenvalue weighted by molar-refractivity contribution is 5.94. The zero-order valence-electron chi connectivity index (χ0n) is 15.5. The highest BCUT2D eigenvalue weighted by Crippen LogP contribution is 2.17. The van der Waals surface area contributed by atoms with E-state index >= 15 is 0 Å². The summed E-state index contributed by atoms with van der Waals surface area (Å²) in [5.41, 5.74) is 0.877. The number of halogens is 1. The number of piperazine rings is 1. The summed E-state index contributed by atoms with van der Waals surface area (Å²) in [6.45, 7) is 8.75. The van der Waals surface area contributed by atoms with E-state index in [4.69, 9.17) is 4.74 Å². The third-order valence-electron chi connectivity index (χ3n) is 4.18. The van der Waals surface area contributed by atoms with Crippen LogP contribution in [-0.2, 0) is 4.74 Å². The summed E-state index contributed by atoms with van der Waals surface area (Å²) < 4.78 is 20.4. The molecular formula is C18H23FN4O3. The molecule has 3 heterocycles.